The number of benzene rings is 3. The van der Waals surface area contributed by atoms with Gasteiger partial charge in [-0.15, -0.1) is 6.42 Å². The summed E-state index contributed by atoms with van der Waals surface area (Å²) in [6.45, 7) is 7.19. The lowest BCUT2D eigenvalue weighted by Gasteiger charge is -2.36. The molecule has 3 aromatic carbocycles. The molecule has 8 heteroatoms. The van der Waals surface area contributed by atoms with Crippen molar-refractivity contribution >= 4 is 0 Å². The number of hydrogen-bond acceptors (Lipinski definition) is 8. The van der Waals surface area contributed by atoms with Gasteiger partial charge in [0.1, 0.15) is 12.2 Å². The minimum absolute atomic E-state index is 0.308. The summed E-state index contributed by atoms with van der Waals surface area (Å²) in [5.41, 5.74) is 2.46. The van der Waals surface area contributed by atoms with Crippen LogP contribution >= 0.6 is 0 Å². The van der Waals surface area contributed by atoms with Crippen LogP contribution in [-0.4, -0.2) is 99.1 Å². The Bertz CT molecular complexity index is 1020. The molecule has 44 heavy (non-hydrogen) atoms. The predicted molar refractivity (Wildman–Crippen MR) is 170 cm³/mol. The zero-order valence-electron chi connectivity index (χ0n) is 25.6. The largest absolute Gasteiger partial charge is 0.377 e. The van der Waals surface area contributed by atoms with Crippen LogP contribution in [-0.2, 0) is 43.5 Å². The molecule has 0 unspecified atom stereocenters. The average molecular weight is 607 g/mol. The molecule has 0 spiro atoms. The third-order valence-electron chi connectivity index (χ3n) is 6.50. The molecule has 3 aromatic rings. The normalized spacial score (nSPS) is 11.4. The Kier molecular flexibility index (Phi) is 18.7. The zero-order valence-corrected chi connectivity index (χ0v) is 25.6. The Labute approximate surface area is 262 Å². The van der Waals surface area contributed by atoms with Gasteiger partial charge in [0.2, 0.25) is 0 Å². The van der Waals surface area contributed by atoms with E-state index in [0.29, 0.717) is 99.1 Å². The van der Waals surface area contributed by atoms with Crippen LogP contribution in [0, 0.1) is 12.3 Å². The van der Waals surface area contributed by atoms with Crippen LogP contribution in [0.3, 0.4) is 0 Å². The molecule has 0 bridgehead atoms. The van der Waals surface area contributed by atoms with Crippen LogP contribution in [0.5, 0.6) is 0 Å². The maximum absolute atomic E-state index is 6.71. The molecule has 0 amide bonds. The molecular weight excluding hydrogens is 560 g/mol. The van der Waals surface area contributed by atoms with Gasteiger partial charge in [-0.25, -0.2) is 0 Å². The molecule has 0 atom stereocenters. The number of rotatable bonds is 26. The van der Waals surface area contributed by atoms with Crippen LogP contribution in [0.2, 0.25) is 0 Å². The molecule has 0 radical (unpaired) electrons. The molecule has 0 heterocycles. The van der Waals surface area contributed by atoms with Crippen LogP contribution in [0.4, 0.5) is 0 Å². The van der Waals surface area contributed by atoms with Crippen molar-refractivity contribution < 1.29 is 37.9 Å². The summed E-state index contributed by atoms with van der Waals surface area (Å²) in [7, 11) is 0. The summed E-state index contributed by atoms with van der Waals surface area (Å²) in [6.07, 6.45) is 5.10. The van der Waals surface area contributed by atoms with Crippen molar-refractivity contribution in [1.82, 2.24) is 0 Å². The van der Waals surface area contributed by atoms with E-state index in [1.165, 1.54) is 0 Å². The first-order chi connectivity index (χ1) is 21.9. The van der Waals surface area contributed by atoms with E-state index in [4.69, 9.17) is 44.3 Å². The van der Waals surface area contributed by atoms with Gasteiger partial charge in [0, 0.05) is 0 Å². The maximum Gasteiger partial charge on any atom is 0.143 e. The second kappa shape index (κ2) is 23.3. The Hall–Kier alpha value is -3.10. The van der Waals surface area contributed by atoms with Crippen LogP contribution in [0.15, 0.2) is 91.0 Å². The minimum Gasteiger partial charge on any atom is -0.377 e. The SMILES string of the molecule is C#CCOCCOCCOCCOCCOCCOCCOCCOC(c1ccccc1)(c1ccccc1)c1ccccc1. The van der Waals surface area contributed by atoms with Crippen molar-refractivity contribution in [3.63, 3.8) is 0 Å². The van der Waals surface area contributed by atoms with Gasteiger partial charge in [0.25, 0.3) is 0 Å². The fraction of sp³-hybridized carbons (Fsp3) is 0.444. The lowest BCUT2D eigenvalue weighted by Crippen LogP contribution is -2.34. The van der Waals surface area contributed by atoms with Gasteiger partial charge in [0.15, 0.2) is 0 Å². The molecule has 0 aliphatic rings. The standard InChI is InChI=1S/C36H46O8/c1-2-18-37-19-20-38-21-22-39-23-24-40-25-26-41-27-28-42-29-30-43-31-32-44-36(33-12-6-3-7-13-33,34-14-8-4-9-15-34)35-16-10-5-11-17-35/h1,3-17H,18-32H2. The monoisotopic (exact) mass is 606 g/mol. The molecule has 0 aliphatic carbocycles. The van der Waals surface area contributed by atoms with Crippen molar-refractivity contribution in [3.8, 4) is 12.3 Å². The van der Waals surface area contributed by atoms with Gasteiger partial charge in [-0.05, 0) is 16.7 Å². The molecule has 238 valence electrons. The molecule has 0 saturated heterocycles. The van der Waals surface area contributed by atoms with E-state index in [9.17, 15) is 0 Å². The topological polar surface area (TPSA) is 73.8 Å². The molecule has 3 rings (SSSR count). The lowest BCUT2D eigenvalue weighted by atomic mass is 9.80. The second-order valence-corrected chi connectivity index (χ2v) is 9.56. The molecule has 0 aromatic heterocycles. The summed E-state index contributed by atoms with van der Waals surface area (Å²) in [5, 5.41) is 0. The first-order valence-electron chi connectivity index (χ1n) is 15.2. The van der Waals surface area contributed by atoms with Crippen molar-refractivity contribution in [1.29, 1.82) is 0 Å². The maximum atomic E-state index is 6.71. The highest BCUT2D eigenvalue weighted by atomic mass is 16.6. The second-order valence-electron chi connectivity index (χ2n) is 9.56. The highest BCUT2D eigenvalue weighted by molar-refractivity contribution is 5.47. The Morgan fingerprint density at radius 1 is 0.386 bits per heavy atom. The molecule has 0 fully saturated rings. The van der Waals surface area contributed by atoms with E-state index >= 15 is 0 Å². The Morgan fingerprint density at radius 3 is 0.955 bits per heavy atom. The number of hydrogen-bond donors (Lipinski definition) is 0. The van der Waals surface area contributed by atoms with Crippen molar-refractivity contribution in [3.05, 3.63) is 108 Å². The Balaban J connectivity index is 1.22. The highest BCUT2D eigenvalue weighted by Crippen LogP contribution is 2.40. The van der Waals surface area contributed by atoms with Gasteiger partial charge in [-0.1, -0.05) is 96.9 Å². The van der Waals surface area contributed by atoms with Crippen LogP contribution < -0.4 is 0 Å². The molecule has 0 N–H and O–H groups in total. The quantitative estimate of drug-likeness (QED) is 0.0737. The van der Waals surface area contributed by atoms with Gasteiger partial charge in [0.05, 0.1) is 92.5 Å². The van der Waals surface area contributed by atoms with Gasteiger partial charge in [-0.2, -0.15) is 0 Å². The predicted octanol–water partition coefficient (Wildman–Crippen LogP) is 4.74. The Morgan fingerprint density at radius 2 is 0.659 bits per heavy atom. The summed E-state index contributed by atoms with van der Waals surface area (Å²) in [5.74, 6) is 2.41. The third-order valence-corrected chi connectivity index (χ3v) is 6.50. The fourth-order valence-electron chi connectivity index (χ4n) is 4.47. The zero-order chi connectivity index (χ0) is 30.8. The van der Waals surface area contributed by atoms with Gasteiger partial charge in [-0.3, -0.25) is 0 Å². The summed E-state index contributed by atoms with van der Waals surface area (Å²) < 4.78 is 45.1. The highest BCUT2D eigenvalue weighted by Gasteiger charge is 2.37. The van der Waals surface area contributed by atoms with Gasteiger partial charge < -0.3 is 37.9 Å². The van der Waals surface area contributed by atoms with E-state index in [2.05, 4.69) is 42.3 Å². The van der Waals surface area contributed by atoms with Crippen LogP contribution in [0.25, 0.3) is 0 Å². The molecular formula is C36H46O8. The van der Waals surface area contributed by atoms with E-state index in [1.807, 2.05) is 54.6 Å². The van der Waals surface area contributed by atoms with Gasteiger partial charge >= 0.3 is 0 Å². The smallest absolute Gasteiger partial charge is 0.143 e. The first-order valence-corrected chi connectivity index (χ1v) is 15.2. The first kappa shape index (κ1) is 35.4. The van der Waals surface area contributed by atoms with E-state index in [-0.39, 0.29) is 0 Å². The van der Waals surface area contributed by atoms with Crippen LogP contribution in [0.1, 0.15) is 16.7 Å². The molecule has 0 saturated carbocycles. The van der Waals surface area contributed by atoms with Crippen molar-refractivity contribution in [2.24, 2.45) is 0 Å². The molecule has 0 aliphatic heterocycles. The summed E-state index contributed by atoms with van der Waals surface area (Å²) >= 11 is 0. The number of ether oxygens (including phenoxy) is 8. The number of terminal acetylenes is 1. The van der Waals surface area contributed by atoms with E-state index < -0.39 is 5.60 Å². The molecule has 8 nitrogen and oxygen atoms in total. The van der Waals surface area contributed by atoms with Crippen molar-refractivity contribution in [2.45, 2.75) is 5.60 Å². The summed E-state index contributed by atoms with van der Waals surface area (Å²) in [4.78, 5) is 0. The van der Waals surface area contributed by atoms with Crippen molar-refractivity contribution in [2.75, 3.05) is 99.1 Å². The third kappa shape index (κ3) is 13.3. The lowest BCUT2D eigenvalue weighted by molar-refractivity contribution is -0.0396. The van der Waals surface area contributed by atoms with E-state index in [1.54, 1.807) is 0 Å². The average Bonchev–Trinajstić information content (AvgIpc) is 3.08. The minimum atomic E-state index is -0.745. The van der Waals surface area contributed by atoms with E-state index in [0.717, 1.165) is 16.7 Å². The fourth-order valence-corrected chi connectivity index (χ4v) is 4.47. The summed E-state index contributed by atoms with van der Waals surface area (Å²) in [6, 6.07) is 31.0.